The Bertz CT molecular complexity index is 1890. The lowest BCUT2D eigenvalue weighted by molar-refractivity contribution is -0.113. The number of anilines is 2. The number of amides is 2. The van der Waals surface area contributed by atoms with E-state index in [2.05, 4.69) is 34.3 Å². The zero-order valence-corrected chi connectivity index (χ0v) is 25.6. The van der Waals surface area contributed by atoms with Crippen LogP contribution >= 0.6 is 58.2 Å². The van der Waals surface area contributed by atoms with Crippen molar-refractivity contribution in [2.75, 3.05) is 16.4 Å². The van der Waals surface area contributed by atoms with E-state index in [-0.39, 0.29) is 31.8 Å². The van der Waals surface area contributed by atoms with Crippen molar-refractivity contribution >= 4 is 109 Å². The highest BCUT2D eigenvalue weighted by Gasteiger charge is 2.29. The second-order valence-electron chi connectivity index (χ2n) is 9.12. The molecule has 7 nitrogen and oxygen atoms in total. The molecule has 5 aromatic rings. The number of hydrogen-bond donors (Lipinski definition) is 3. The maximum atomic E-state index is 12.9. The van der Waals surface area contributed by atoms with Crippen LogP contribution in [0.2, 0.25) is 20.1 Å². The van der Waals surface area contributed by atoms with Crippen LogP contribution in [0.3, 0.4) is 0 Å². The van der Waals surface area contributed by atoms with Gasteiger partial charge < -0.3 is 20.3 Å². The zero-order valence-electron chi connectivity index (χ0n) is 21.8. The van der Waals surface area contributed by atoms with Crippen LogP contribution in [0.5, 0.6) is 0 Å². The third-order valence-corrected chi connectivity index (χ3v) is 9.38. The Morgan fingerprint density at radius 1 is 0.762 bits per heavy atom. The van der Waals surface area contributed by atoms with E-state index >= 15 is 0 Å². The number of thioether (sulfide) groups is 1. The number of nitrogens with zero attached hydrogens (tertiary/aromatic N) is 1. The monoisotopic (exact) mass is 659 g/mol. The number of aromatic carboxylic acids is 1. The first kappa shape index (κ1) is 30.1. The molecule has 4 aromatic carbocycles. The molecule has 214 valence electrons. The molecule has 5 rings (SSSR count). The molecule has 42 heavy (non-hydrogen) atoms. The molecule has 0 saturated heterocycles. The van der Waals surface area contributed by atoms with Crippen LogP contribution < -0.4 is 10.6 Å². The molecule has 12 heteroatoms. The summed E-state index contributed by atoms with van der Waals surface area (Å²) in [5, 5.41) is 16.1. The largest absolute Gasteiger partial charge is 0.478 e. The highest BCUT2D eigenvalue weighted by Crippen LogP contribution is 2.42. The molecule has 3 N–H and O–H groups in total. The topological polar surface area (TPSA) is 100 Å². The third-order valence-electron chi connectivity index (χ3n) is 6.56. The van der Waals surface area contributed by atoms with Gasteiger partial charge in [0.2, 0.25) is 5.91 Å². The summed E-state index contributed by atoms with van der Waals surface area (Å²) >= 11 is 25.5. The molecular weight excluding hydrogens is 640 g/mol. The minimum absolute atomic E-state index is 0.164. The molecule has 0 fully saturated rings. The van der Waals surface area contributed by atoms with Gasteiger partial charge in [-0.2, -0.15) is 0 Å². The first-order valence-corrected chi connectivity index (χ1v) is 15.0. The van der Waals surface area contributed by atoms with E-state index in [1.807, 2.05) is 30.3 Å². The van der Waals surface area contributed by atoms with Crippen molar-refractivity contribution in [1.29, 1.82) is 0 Å². The number of hydrogen-bond acceptors (Lipinski definition) is 4. The average molecular weight is 661 g/mol. The van der Waals surface area contributed by atoms with Crippen LogP contribution in [0.15, 0.2) is 71.6 Å². The summed E-state index contributed by atoms with van der Waals surface area (Å²) in [7, 11) is 0. The molecule has 0 saturated carbocycles. The van der Waals surface area contributed by atoms with Gasteiger partial charge in [-0.25, -0.2) is 4.79 Å². The summed E-state index contributed by atoms with van der Waals surface area (Å²) in [6.45, 7) is 2.95. The fourth-order valence-corrected chi connectivity index (χ4v) is 6.41. The Hall–Kier alpha value is -3.40. The first-order chi connectivity index (χ1) is 20.1. The van der Waals surface area contributed by atoms with Crippen LogP contribution in [0.4, 0.5) is 11.4 Å². The maximum Gasteiger partial charge on any atom is 0.338 e. The SMILES string of the molecule is CCn1c2ccccc2c2cc(NC(=O)CSc3ccc(NC(=O)c4c(Cl)c(Cl)c(Cl)c(Cl)c4C(=O)O)cc3)ccc21. The predicted octanol–water partition coefficient (Wildman–Crippen LogP) is 9.11. The molecule has 0 radical (unpaired) electrons. The maximum absolute atomic E-state index is 12.9. The van der Waals surface area contributed by atoms with Gasteiger partial charge in [0, 0.05) is 44.6 Å². The quantitative estimate of drug-likeness (QED) is 0.0876. The van der Waals surface area contributed by atoms with Crippen molar-refractivity contribution in [3.8, 4) is 0 Å². The Labute approximate surface area is 264 Å². The number of carbonyl (C=O) groups is 3. The number of rotatable bonds is 8. The van der Waals surface area contributed by atoms with Crippen LogP contribution in [-0.2, 0) is 11.3 Å². The van der Waals surface area contributed by atoms with E-state index in [9.17, 15) is 19.5 Å². The number of carbonyl (C=O) groups excluding carboxylic acids is 2. The first-order valence-electron chi connectivity index (χ1n) is 12.5. The molecule has 0 spiro atoms. The van der Waals surface area contributed by atoms with E-state index < -0.39 is 23.0 Å². The van der Waals surface area contributed by atoms with Crippen molar-refractivity contribution in [2.24, 2.45) is 0 Å². The summed E-state index contributed by atoms with van der Waals surface area (Å²) in [6, 6.07) is 20.8. The summed E-state index contributed by atoms with van der Waals surface area (Å²) in [5.74, 6) is -2.30. The van der Waals surface area contributed by atoms with Gasteiger partial charge in [-0.1, -0.05) is 64.6 Å². The molecule has 0 aliphatic carbocycles. The minimum Gasteiger partial charge on any atom is -0.478 e. The van der Waals surface area contributed by atoms with Gasteiger partial charge in [0.15, 0.2) is 0 Å². The molecule has 0 bridgehead atoms. The highest BCUT2D eigenvalue weighted by atomic mass is 35.5. The van der Waals surface area contributed by atoms with Gasteiger partial charge >= 0.3 is 5.97 Å². The molecule has 0 unspecified atom stereocenters. The Kier molecular flexibility index (Phi) is 8.92. The number of carboxylic acids is 1. The summed E-state index contributed by atoms with van der Waals surface area (Å²) in [4.78, 5) is 38.2. The second-order valence-corrected chi connectivity index (χ2v) is 11.7. The molecule has 2 amide bonds. The fourth-order valence-electron chi connectivity index (χ4n) is 4.69. The molecular formula is C30H21Cl4N3O4S. The number of para-hydroxylation sites is 1. The van der Waals surface area contributed by atoms with Gasteiger partial charge in [-0.05, 0) is 55.5 Å². The lowest BCUT2D eigenvalue weighted by Crippen LogP contribution is -2.18. The number of aryl methyl sites for hydroxylation is 1. The van der Waals surface area contributed by atoms with E-state index in [4.69, 9.17) is 46.4 Å². The number of carboxylic acid groups (broad SMARTS) is 1. The zero-order chi connectivity index (χ0) is 30.1. The molecule has 0 aliphatic heterocycles. The number of fused-ring (bicyclic) bond motifs is 3. The average Bonchev–Trinajstić information content (AvgIpc) is 3.30. The number of halogens is 4. The molecule has 1 aromatic heterocycles. The van der Waals surface area contributed by atoms with E-state index in [1.54, 1.807) is 24.3 Å². The molecule has 0 aliphatic rings. The smallest absolute Gasteiger partial charge is 0.338 e. The van der Waals surface area contributed by atoms with Crippen LogP contribution in [0.1, 0.15) is 27.6 Å². The predicted molar refractivity (Wildman–Crippen MR) is 172 cm³/mol. The summed E-state index contributed by atoms with van der Waals surface area (Å²) in [6.07, 6.45) is 0. The standard InChI is InChI=1S/C30H21Cl4N3O4S/c1-2-37-20-6-4-3-5-18(20)19-13-16(9-12-21(19)37)35-22(38)14-42-17-10-7-15(8-11-17)36-29(39)23-24(30(40)41)26(32)28(34)27(33)25(23)31/h3-13H,2,14H2,1H3,(H,35,38)(H,36,39)(H,40,41). The Morgan fingerprint density at radius 3 is 2.05 bits per heavy atom. The molecule has 1 heterocycles. The second kappa shape index (κ2) is 12.5. The Balaban J connectivity index is 1.24. The van der Waals surface area contributed by atoms with Crippen molar-refractivity contribution in [3.05, 3.63) is 97.9 Å². The van der Waals surface area contributed by atoms with Crippen molar-refractivity contribution in [1.82, 2.24) is 4.57 Å². The summed E-state index contributed by atoms with van der Waals surface area (Å²) in [5.41, 5.74) is 2.38. The van der Waals surface area contributed by atoms with E-state index in [1.165, 1.54) is 11.8 Å². The van der Waals surface area contributed by atoms with Gasteiger partial charge in [-0.3, -0.25) is 9.59 Å². The van der Waals surface area contributed by atoms with Crippen molar-refractivity contribution in [2.45, 2.75) is 18.4 Å². The van der Waals surface area contributed by atoms with Crippen LogP contribution in [0.25, 0.3) is 21.8 Å². The summed E-state index contributed by atoms with van der Waals surface area (Å²) < 4.78 is 2.25. The van der Waals surface area contributed by atoms with Gasteiger partial charge in [0.05, 0.1) is 37.0 Å². The number of nitrogens with one attached hydrogen (secondary N) is 2. The van der Waals surface area contributed by atoms with E-state index in [0.29, 0.717) is 11.4 Å². The molecule has 0 atom stereocenters. The number of benzene rings is 4. The van der Waals surface area contributed by atoms with Gasteiger partial charge in [0.1, 0.15) is 0 Å². The van der Waals surface area contributed by atoms with E-state index in [0.717, 1.165) is 33.2 Å². The third kappa shape index (κ3) is 5.78. The minimum atomic E-state index is -1.48. The lowest BCUT2D eigenvalue weighted by atomic mass is 10.1. The van der Waals surface area contributed by atoms with Crippen LogP contribution in [0, 0.1) is 0 Å². The normalized spacial score (nSPS) is 11.2. The van der Waals surface area contributed by atoms with Crippen molar-refractivity contribution < 1.29 is 19.5 Å². The van der Waals surface area contributed by atoms with Crippen LogP contribution in [-0.4, -0.2) is 33.2 Å². The number of aromatic nitrogens is 1. The van der Waals surface area contributed by atoms with Gasteiger partial charge in [-0.15, -0.1) is 11.8 Å². The Morgan fingerprint density at radius 2 is 1.38 bits per heavy atom. The fraction of sp³-hybridized carbons (Fsp3) is 0.100. The highest BCUT2D eigenvalue weighted by molar-refractivity contribution is 8.00. The lowest BCUT2D eigenvalue weighted by Gasteiger charge is -2.14. The van der Waals surface area contributed by atoms with Crippen molar-refractivity contribution in [3.63, 3.8) is 0 Å². The van der Waals surface area contributed by atoms with Gasteiger partial charge in [0.25, 0.3) is 5.91 Å².